The molecule has 0 saturated heterocycles. The summed E-state index contributed by atoms with van der Waals surface area (Å²) in [6.07, 6.45) is 0.245. The quantitative estimate of drug-likeness (QED) is 0.854. The smallest absolute Gasteiger partial charge is 0.232 e. The number of hydrogen-bond acceptors (Lipinski definition) is 3. The number of nitrogens with zero attached hydrogens (tertiary/aromatic N) is 2. The first-order valence-corrected chi connectivity index (χ1v) is 6.37. The number of amides is 1. The molecule has 0 fully saturated rings. The lowest BCUT2D eigenvalue weighted by atomic mass is 10.1. The number of aromatic nitrogens is 1. The van der Waals surface area contributed by atoms with Crippen LogP contribution in [-0.2, 0) is 11.2 Å². The van der Waals surface area contributed by atoms with Gasteiger partial charge in [0.05, 0.1) is 12.1 Å². The largest absolute Gasteiger partial charge is 0.291 e. The Labute approximate surface area is 109 Å². The summed E-state index contributed by atoms with van der Waals surface area (Å²) in [5.74, 6) is -0.356. The van der Waals surface area contributed by atoms with Crippen molar-refractivity contribution in [3.8, 4) is 0 Å². The SMILES string of the molecule is Cc1csc(N(C)C(=O)Cc2ccc(F)cc2)n1. The van der Waals surface area contributed by atoms with E-state index in [9.17, 15) is 9.18 Å². The fourth-order valence-corrected chi connectivity index (χ4v) is 2.28. The minimum Gasteiger partial charge on any atom is -0.291 e. The topological polar surface area (TPSA) is 33.2 Å². The lowest BCUT2D eigenvalue weighted by Crippen LogP contribution is -2.27. The van der Waals surface area contributed by atoms with Crippen molar-refractivity contribution in [2.24, 2.45) is 0 Å². The molecule has 1 aromatic heterocycles. The minimum atomic E-state index is -0.296. The van der Waals surface area contributed by atoms with Crippen LogP contribution in [0, 0.1) is 12.7 Å². The molecule has 3 nitrogen and oxygen atoms in total. The van der Waals surface area contributed by atoms with E-state index in [1.165, 1.54) is 28.4 Å². The number of thiazole rings is 1. The van der Waals surface area contributed by atoms with Crippen LogP contribution < -0.4 is 4.90 Å². The Hall–Kier alpha value is -1.75. The first-order valence-electron chi connectivity index (χ1n) is 5.49. The van der Waals surface area contributed by atoms with E-state index >= 15 is 0 Å². The van der Waals surface area contributed by atoms with Gasteiger partial charge in [-0.2, -0.15) is 0 Å². The Morgan fingerprint density at radius 2 is 2.06 bits per heavy atom. The summed E-state index contributed by atoms with van der Waals surface area (Å²) >= 11 is 1.43. The molecule has 5 heteroatoms. The third-order valence-corrected chi connectivity index (χ3v) is 3.57. The summed E-state index contributed by atoms with van der Waals surface area (Å²) in [5, 5.41) is 2.58. The molecule has 1 heterocycles. The van der Waals surface area contributed by atoms with E-state index in [4.69, 9.17) is 0 Å². The number of hydrogen-bond donors (Lipinski definition) is 0. The van der Waals surface area contributed by atoms with Crippen molar-refractivity contribution in [3.63, 3.8) is 0 Å². The van der Waals surface area contributed by atoms with E-state index in [2.05, 4.69) is 4.98 Å². The van der Waals surface area contributed by atoms with Crippen LogP contribution in [0.1, 0.15) is 11.3 Å². The number of halogens is 1. The van der Waals surface area contributed by atoms with Crippen molar-refractivity contribution >= 4 is 22.4 Å². The first-order chi connectivity index (χ1) is 8.56. The van der Waals surface area contributed by atoms with Crippen molar-refractivity contribution in [2.75, 3.05) is 11.9 Å². The fourth-order valence-electron chi connectivity index (χ4n) is 1.50. The van der Waals surface area contributed by atoms with Gasteiger partial charge in [-0.1, -0.05) is 12.1 Å². The highest BCUT2D eigenvalue weighted by molar-refractivity contribution is 7.14. The Morgan fingerprint density at radius 3 is 2.61 bits per heavy atom. The number of rotatable bonds is 3. The second-order valence-electron chi connectivity index (χ2n) is 4.03. The highest BCUT2D eigenvalue weighted by Gasteiger charge is 2.14. The number of carbonyl (C=O) groups is 1. The summed E-state index contributed by atoms with van der Waals surface area (Å²) in [7, 11) is 1.70. The van der Waals surface area contributed by atoms with Crippen LogP contribution in [0.4, 0.5) is 9.52 Å². The fraction of sp³-hybridized carbons (Fsp3) is 0.231. The summed E-state index contributed by atoms with van der Waals surface area (Å²) in [4.78, 5) is 17.8. The molecule has 0 spiro atoms. The summed E-state index contributed by atoms with van der Waals surface area (Å²) in [6, 6.07) is 5.95. The molecular formula is C13H13FN2OS. The molecule has 0 bridgehead atoms. The molecule has 1 amide bonds. The Kier molecular flexibility index (Phi) is 3.72. The highest BCUT2D eigenvalue weighted by atomic mass is 32.1. The van der Waals surface area contributed by atoms with Gasteiger partial charge in [0.2, 0.25) is 5.91 Å². The van der Waals surface area contributed by atoms with Crippen molar-refractivity contribution in [1.82, 2.24) is 4.98 Å². The maximum Gasteiger partial charge on any atom is 0.232 e. The van der Waals surface area contributed by atoms with Gasteiger partial charge in [0, 0.05) is 12.4 Å². The number of aryl methyl sites for hydroxylation is 1. The molecule has 0 aliphatic carbocycles. The second-order valence-corrected chi connectivity index (χ2v) is 4.86. The zero-order valence-corrected chi connectivity index (χ0v) is 11.0. The van der Waals surface area contributed by atoms with Crippen molar-refractivity contribution in [1.29, 1.82) is 0 Å². The third kappa shape index (κ3) is 2.92. The zero-order chi connectivity index (χ0) is 13.1. The van der Waals surface area contributed by atoms with E-state index in [-0.39, 0.29) is 18.1 Å². The molecule has 0 aliphatic heterocycles. The highest BCUT2D eigenvalue weighted by Crippen LogP contribution is 2.19. The predicted molar refractivity (Wildman–Crippen MR) is 70.4 cm³/mol. The number of carbonyl (C=O) groups excluding carboxylic acids is 1. The molecule has 0 atom stereocenters. The maximum atomic E-state index is 12.7. The van der Waals surface area contributed by atoms with Gasteiger partial charge in [-0.25, -0.2) is 9.37 Å². The molecule has 0 unspecified atom stereocenters. The van der Waals surface area contributed by atoms with Crippen LogP contribution in [0.2, 0.25) is 0 Å². The maximum absolute atomic E-state index is 12.7. The molecule has 18 heavy (non-hydrogen) atoms. The molecule has 1 aromatic carbocycles. The van der Waals surface area contributed by atoms with Crippen LogP contribution in [-0.4, -0.2) is 17.9 Å². The van der Waals surface area contributed by atoms with Crippen molar-refractivity contribution < 1.29 is 9.18 Å². The molecule has 2 aromatic rings. The summed E-state index contributed by atoms with van der Waals surface area (Å²) in [5.41, 5.74) is 1.69. The average molecular weight is 264 g/mol. The molecule has 94 valence electrons. The number of benzene rings is 1. The van der Waals surface area contributed by atoms with Gasteiger partial charge in [-0.15, -0.1) is 11.3 Å². The standard InChI is InChI=1S/C13H13FN2OS/c1-9-8-18-13(15-9)16(2)12(17)7-10-3-5-11(14)6-4-10/h3-6,8H,7H2,1-2H3. The minimum absolute atomic E-state index is 0.0593. The van der Waals surface area contributed by atoms with Crippen molar-refractivity contribution in [3.05, 3.63) is 46.7 Å². The Bertz CT molecular complexity index is 550. The Balaban J connectivity index is 2.05. The number of anilines is 1. The Morgan fingerprint density at radius 1 is 1.39 bits per heavy atom. The van der Waals surface area contributed by atoms with Crippen LogP contribution in [0.25, 0.3) is 0 Å². The van der Waals surface area contributed by atoms with E-state index < -0.39 is 0 Å². The zero-order valence-electron chi connectivity index (χ0n) is 10.2. The molecule has 2 rings (SSSR count). The van der Waals surface area contributed by atoms with Crippen LogP contribution in [0.3, 0.4) is 0 Å². The van der Waals surface area contributed by atoms with Crippen LogP contribution in [0.15, 0.2) is 29.6 Å². The van der Waals surface area contributed by atoms with E-state index in [1.54, 1.807) is 19.2 Å². The van der Waals surface area contributed by atoms with Gasteiger partial charge < -0.3 is 0 Å². The third-order valence-electron chi connectivity index (χ3n) is 2.54. The van der Waals surface area contributed by atoms with Gasteiger partial charge in [0.25, 0.3) is 0 Å². The van der Waals surface area contributed by atoms with Gasteiger partial charge in [0.1, 0.15) is 5.82 Å². The normalized spacial score (nSPS) is 10.4. The average Bonchev–Trinajstić information content (AvgIpc) is 2.78. The lowest BCUT2D eigenvalue weighted by Gasteiger charge is -2.13. The van der Waals surface area contributed by atoms with Gasteiger partial charge in [-0.3, -0.25) is 9.69 Å². The summed E-state index contributed by atoms with van der Waals surface area (Å²) in [6.45, 7) is 1.89. The number of likely N-dealkylation sites (N-methyl/N-ethyl adjacent to an activating group) is 1. The predicted octanol–water partition coefficient (Wildman–Crippen LogP) is 2.80. The van der Waals surface area contributed by atoms with E-state index in [0.29, 0.717) is 5.13 Å². The van der Waals surface area contributed by atoms with E-state index in [0.717, 1.165) is 11.3 Å². The monoisotopic (exact) mass is 264 g/mol. The van der Waals surface area contributed by atoms with Gasteiger partial charge in [-0.05, 0) is 24.6 Å². The molecule has 0 N–H and O–H groups in total. The molecule has 0 saturated carbocycles. The second kappa shape index (κ2) is 5.27. The molecule has 0 radical (unpaired) electrons. The van der Waals surface area contributed by atoms with Crippen LogP contribution in [0.5, 0.6) is 0 Å². The molecule has 0 aliphatic rings. The summed E-state index contributed by atoms with van der Waals surface area (Å²) < 4.78 is 12.7. The first kappa shape index (κ1) is 12.7. The lowest BCUT2D eigenvalue weighted by molar-refractivity contribution is -0.117. The van der Waals surface area contributed by atoms with Gasteiger partial charge in [0.15, 0.2) is 5.13 Å². The van der Waals surface area contributed by atoms with Crippen molar-refractivity contribution in [2.45, 2.75) is 13.3 Å². The van der Waals surface area contributed by atoms with Crippen LogP contribution >= 0.6 is 11.3 Å². The van der Waals surface area contributed by atoms with E-state index in [1.807, 2.05) is 12.3 Å². The van der Waals surface area contributed by atoms with Gasteiger partial charge >= 0.3 is 0 Å². The molecular weight excluding hydrogens is 251 g/mol.